The zero-order valence-electron chi connectivity index (χ0n) is 17.1. The Morgan fingerprint density at radius 3 is 2.52 bits per heavy atom. The molecule has 0 atom stereocenters. The van der Waals surface area contributed by atoms with E-state index < -0.39 is 0 Å². The lowest BCUT2D eigenvalue weighted by atomic mass is 10.1. The van der Waals surface area contributed by atoms with Gasteiger partial charge in [0, 0.05) is 30.9 Å². The van der Waals surface area contributed by atoms with Crippen LogP contribution < -0.4 is 5.56 Å². The summed E-state index contributed by atoms with van der Waals surface area (Å²) in [5.74, 6) is 0.705. The summed E-state index contributed by atoms with van der Waals surface area (Å²) in [5.41, 5.74) is 2.35. The second-order valence-corrected chi connectivity index (χ2v) is 7.00. The number of unbranched alkanes of at least 4 members (excludes halogenated alkanes) is 1. The minimum absolute atomic E-state index is 0.0107. The van der Waals surface area contributed by atoms with Gasteiger partial charge in [-0.2, -0.15) is 4.98 Å². The van der Waals surface area contributed by atoms with E-state index in [9.17, 15) is 9.59 Å². The van der Waals surface area contributed by atoms with Crippen LogP contribution in [0.1, 0.15) is 32.3 Å². The number of aryl methyl sites for hydroxylation is 1. The summed E-state index contributed by atoms with van der Waals surface area (Å²) in [6.07, 6.45) is 3.55. The third kappa shape index (κ3) is 4.99. The zero-order chi connectivity index (χ0) is 20.8. The van der Waals surface area contributed by atoms with Crippen LogP contribution in [0.2, 0.25) is 0 Å². The Balaban J connectivity index is 1.81. The van der Waals surface area contributed by atoms with Crippen molar-refractivity contribution in [3.05, 3.63) is 58.5 Å². The molecule has 0 unspecified atom stereocenters. The van der Waals surface area contributed by atoms with Crippen LogP contribution in [-0.4, -0.2) is 38.6 Å². The average molecular weight is 394 g/mol. The Morgan fingerprint density at radius 2 is 1.83 bits per heavy atom. The Hall–Kier alpha value is -3.22. The standard InChI is InChI=1S/C22H26N4O3/c1-4-6-13-25(5-2)20(28)15-26-14-18(11-12-19(26)27)22-23-21(24-29-22)17-9-7-16(3)8-10-17/h7-12,14H,4-6,13,15H2,1-3H3. The van der Waals surface area contributed by atoms with Gasteiger partial charge in [-0.3, -0.25) is 9.59 Å². The van der Waals surface area contributed by atoms with Crippen molar-refractivity contribution >= 4 is 5.91 Å². The summed E-state index contributed by atoms with van der Waals surface area (Å²) < 4.78 is 6.78. The fourth-order valence-electron chi connectivity index (χ4n) is 3.00. The number of carbonyl (C=O) groups excluding carboxylic acids is 1. The van der Waals surface area contributed by atoms with Crippen LogP contribution in [0.3, 0.4) is 0 Å². The topological polar surface area (TPSA) is 81.2 Å². The number of carbonyl (C=O) groups is 1. The fourth-order valence-corrected chi connectivity index (χ4v) is 3.00. The van der Waals surface area contributed by atoms with Crippen molar-refractivity contribution in [3.8, 4) is 22.8 Å². The van der Waals surface area contributed by atoms with Gasteiger partial charge < -0.3 is 14.0 Å². The van der Waals surface area contributed by atoms with Gasteiger partial charge in [0.2, 0.25) is 11.7 Å². The van der Waals surface area contributed by atoms with Crippen LogP contribution in [0.15, 0.2) is 51.9 Å². The quantitative estimate of drug-likeness (QED) is 0.584. The summed E-state index contributed by atoms with van der Waals surface area (Å²) in [6, 6.07) is 10.9. The SMILES string of the molecule is CCCCN(CC)C(=O)Cn1cc(-c2nc(-c3ccc(C)cc3)no2)ccc1=O. The maximum Gasteiger partial charge on any atom is 0.259 e. The van der Waals surface area contributed by atoms with Crippen molar-refractivity contribution in [2.45, 2.75) is 40.2 Å². The van der Waals surface area contributed by atoms with E-state index in [1.54, 1.807) is 17.2 Å². The van der Waals surface area contributed by atoms with E-state index in [0.29, 0.717) is 30.4 Å². The molecule has 0 saturated heterocycles. The molecule has 3 rings (SSSR count). The Morgan fingerprint density at radius 1 is 1.10 bits per heavy atom. The molecule has 1 amide bonds. The van der Waals surface area contributed by atoms with Crippen molar-refractivity contribution in [2.24, 2.45) is 0 Å². The van der Waals surface area contributed by atoms with Crippen LogP contribution in [0.25, 0.3) is 22.8 Å². The summed E-state index contributed by atoms with van der Waals surface area (Å²) in [5, 5.41) is 4.03. The third-order valence-electron chi connectivity index (χ3n) is 4.79. The van der Waals surface area contributed by atoms with Gasteiger partial charge in [0.05, 0.1) is 5.56 Å². The lowest BCUT2D eigenvalue weighted by molar-refractivity contribution is -0.131. The number of aromatic nitrogens is 3. The lowest BCUT2D eigenvalue weighted by Gasteiger charge is -2.21. The van der Waals surface area contributed by atoms with Crippen molar-refractivity contribution in [1.29, 1.82) is 0 Å². The Labute approximate surface area is 170 Å². The van der Waals surface area contributed by atoms with Gasteiger partial charge in [-0.1, -0.05) is 48.3 Å². The molecular weight excluding hydrogens is 368 g/mol. The van der Waals surface area contributed by atoms with Gasteiger partial charge in [-0.25, -0.2) is 0 Å². The second-order valence-electron chi connectivity index (χ2n) is 7.00. The minimum atomic E-state index is -0.244. The van der Waals surface area contributed by atoms with Gasteiger partial charge in [-0.05, 0) is 26.3 Å². The van der Waals surface area contributed by atoms with E-state index in [1.165, 1.54) is 10.6 Å². The molecule has 0 aliphatic rings. The predicted octanol–water partition coefficient (Wildman–Crippen LogP) is 3.52. The van der Waals surface area contributed by atoms with E-state index in [-0.39, 0.29) is 18.0 Å². The molecule has 7 nitrogen and oxygen atoms in total. The average Bonchev–Trinajstić information content (AvgIpc) is 3.21. The molecule has 0 saturated carbocycles. The van der Waals surface area contributed by atoms with Crippen LogP contribution in [-0.2, 0) is 11.3 Å². The van der Waals surface area contributed by atoms with Crippen molar-refractivity contribution in [1.82, 2.24) is 19.6 Å². The van der Waals surface area contributed by atoms with Crippen LogP contribution in [0, 0.1) is 6.92 Å². The van der Waals surface area contributed by atoms with Crippen molar-refractivity contribution in [3.63, 3.8) is 0 Å². The van der Waals surface area contributed by atoms with E-state index in [2.05, 4.69) is 17.1 Å². The highest BCUT2D eigenvalue weighted by Gasteiger charge is 2.15. The van der Waals surface area contributed by atoms with Gasteiger partial charge in [0.25, 0.3) is 11.4 Å². The molecule has 0 spiro atoms. The first-order chi connectivity index (χ1) is 14.0. The van der Waals surface area contributed by atoms with Gasteiger partial charge in [0.1, 0.15) is 6.54 Å². The smallest absolute Gasteiger partial charge is 0.259 e. The number of nitrogens with zero attached hydrogens (tertiary/aromatic N) is 4. The molecule has 0 radical (unpaired) electrons. The lowest BCUT2D eigenvalue weighted by Crippen LogP contribution is -2.36. The van der Waals surface area contributed by atoms with E-state index in [1.807, 2.05) is 38.1 Å². The largest absolute Gasteiger partial charge is 0.341 e. The van der Waals surface area contributed by atoms with Gasteiger partial charge in [-0.15, -0.1) is 0 Å². The Kier molecular flexibility index (Phi) is 6.59. The number of likely N-dealkylation sites (N-methyl/N-ethyl adjacent to an activating group) is 1. The molecule has 3 aromatic rings. The number of rotatable bonds is 8. The number of hydrogen-bond donors (Lipinski definition) is 0. The van der Waals surface area contributed by atoms with Crippen molar-refractivity contribution < 1.29 is 9.32 Å². The molecule has 0 aliphatic heterocycles. The fraction of sp³-hybridized carbons (Fsp3) is 0.364. The van der Waals surface area contributed by atoms with Gasteiger partial charge >= 0.3 is 0 Å². The van der Waals surface area contributed by atoms with Crippen LogP contribution in [0.4, 0.5) is 0 Å². The predicted molar refractivity (Wildman–Crippen MR) is 111 cm³/mol. The highest BCUT2D eigenvalue weighted by Crippen LogP contribution is 2.21. The van der Waals surface area contributed by atoms with E-state index in [4.69, 9.17) is 4.52 Å². The molecule has 0 aliphatic carbocycles. The molecule has 0 N–H and O–H groups in total. The van der Waals surface area contributed by atoms with Crippen LogP contribution in [0.5, 0.6) is 0 Å². The van der Waals surface area contributed by atoms with Gasteiger partial charge in [0.15, 0.2) is 0 Å². The number of benzene rings is 1. The maximum atomic E-state index is 12.6. The number of amides is 1. The number of pyridine rings is 1. The minimum Gasteiger partial charge on any atom is -0.341 e. The van der Waals surface area contributed by atoms with Crippen molar-refractivity contribution in [2.75, 3.05) is 13.1 Å². The molecule has 1 aromatic carbocycles. The highest BCUT2D eigenvalue weighted by molar-refractivity contribution is 5.76. The monoisotopic (exact) mass is 394 g/mol. The third-order valence-corrected chi connectivity index (χ3v) is 4.79. The molecule has 0 bridgehead atoms. The molecular formula is C22H26N4O3. The highest BCUT2D eigenvalue weighted by atomic mass is 16.5. The van der Waals surface area contributed by atoms with E-state index in [0.717, 1.165) is 24.0 Å². The Bertz CT molecular complexity index is 1020. The molecule has 29 heavy (non-hydrogen) atoms. The second kappa shape index (κ2) is 9.32. The summed E-state index contributed by atoms with van der Waals surface area (Å²) in [4.78, 5) is 31.0. The molecule has 0 fully saturated rings. The zero-order valence-corrected chi connectivity index (χ0v) is 17.1. The molecule has 2 heterocycles. The maximum absolute atomic E-state index is 12.6. The molecule has 2 aromatic heterocycles. The molecule has 7 heteroatoms. The first-order valence-electron chi connectivity index (χ1n) is 9.91. The van der Waals surface area contributed by atoms with E-state index >= 15 is 0 Å². The summed E-state index contributed by atoms with van der Waals surface area (Å²) in [6.45, 7) is 7.35. The summed E-state index contributed by atoms with van der Waals surface area (Å²) >= 11 is 0. The normalized spacial score (nSPS) is 10.9. The molecule has 152 valence electrons. The van der Waals surface area contributed by atoms with Crippen LogP contribution >= 0.6 is 0 Å². The first-order valence-corrected chi connectivity index (χ1v) is 9.91. The summed E-state index contributed by atoms with van der Waals surface area (Å²) in [7, 11) is 0. The first kappa shape index (κ1) is 20.5. The number of hydrogen-bond acceptors (Lipinski definition) is 5.